The fourth-order valence-corrected chi connectivity index (χ4v) is 1.90. The lowest BCUT2D eigenvalue weighted by molar-refractivity contribution is 0.497. The van der Waals surface area contributed by atoms with Crippen molar-refractivity contribution in [2.24, 2.45) is 12.8 Å². The zero-order valence-corrected chi connectivity index (χ0v) is 7.98. The van der Waals surface area contributed by atoms with Crippen LogP contribution >= 0.6 is 0 Å². The van der Waals surface area contributed by atoms with Crippen molar-refractivity contribution in [3.05, 3.63) is 12.3 Å². The van der Waals surface area contributed by atoms with Crippen LogP contribution in [0.25, 0.3) is 0 Å². The highest BCUT2D eigenvalue weighted by Gasteiger charge is 2.18. The number of anilines is 1. The van der Waals surface area contributed by atoms with Gasteiger partial charge in [0.25, 0.3) is 0 Å². The van der Waals surface area contributed by atoms with E-state index < -0.39 is 0 Å². The number of aryl methyl sites for hydroxylation is 1. The summed E-state index contributed by atoms with van der Waals surface area (Å²) >= 11 is 0. The van der Waals surface area contributed by atoms with Crippen molar-refractivity contribution in [3.8, 4) is 0 Å². The molecule has 1 atom stereocenters. The molecule has 1 aromatic heterocycles. The quantitative estimate of drug-likeness (QED) is 0.678. The largest absolute Gasteiger partial charge is 0.355 e. The van der Waals surface area contributed by atoms with E-state index in [1.807, 2.05) is 24.0 Å². The summed E-state index contributed by atoms with van der Waals surface area (Å²) in [6.45, 7) is 2.06. The summed E-state index contributed by atoms with van der Waals surface area (Å²) in [6.07, 6.45) is 4.16. The Morgan fingerprint density at radius 1 is 1.62 bits per heavy atom. The molecule has 0 aliphatic carbocycles. The Kier molecular flexibility index (Phi) is 2.22. The lowest BCUT2D eigenvalue weighted by Gasteiger charge is -2.32. The van der Waals surface area contributed by atoms with Gasteiger partial charge in [-0.1, -0.05) is 0 Å². The molecule has 13 heavy (non-hydrogen) atoms. The van der Waals surface area contributed by atoms with Gasteiger partial charge < -0.3 is 10.6 Å². The van der Waals surface area contributed by atoms with E-state index in [1.54, 1.807) is 0 Å². The summed E-state index contributed by atoms with van der Waals surface area (Å²) in [5.41, 5.74) is 5.91. The Morgan fingerprint density at radius 2 is 2.46 bits per heavy atom. The molecule has 1 aliphatic heterocycles. The maximum atomic E-state index is 5.91. The van der Waals surface area contributed by atoms with E-state index in [9.17, 15) is 0 Å². The summed E-state index contributed by atoms with van der Waals surface area (Å²) in [5, 5.41) is 4.15. The van der Waals surface area contributed by atoms with Gasteiger partial charge in [0.05, 0.1) is 6.20 Å². The molecule has 2 heterocycles. The van der Waals surface area contributed by atoms with Crippen LogP contribution in [-0.4, -0.2) is 28.9 Å². The first-order valence-corrected chi connectivity index (χ1v) is 4.76. The maximum Gasteiger partial charge on any atom is 0.126 e. The normalized spacial score (nSPS) is 23.5. The van der Waals surface area contributed by atoms with Crippen LogP contribution in [0.5, 0.6) is 0 Å². The minimum atomic E-state index is 0.323. The Balaban J connectivity index is 2.12. The number of hydrogen-bond acceptors (Lipinski definition) is 3. The molecule has 1 aliphatic rings. The minimum Gasteiger partial charge on any atom is -0.355 e. The number of nitrogens with zero attached hydrogens (tertiary/aromatic N) is 3. The molecule has 1 fully saturated rings. The van der Waals surface area contributed by atoms with Crippen LogP contribution in [0.15, 0.2) is 12.3 Å². The second-order valence-corrected chi connectivity index (χ2v) is 3.66. The van der Waals surface area contributed by atoms with Crippen LogP contribution in [0.1, 0.15) is 12.8 Å². The SMILES string of the molecule is Cn1nccc1N1CCCC(N)C1. The molecule has 2 rings (SSSR count). The third kappa shape index (κ3) is 1.67. The zero-order valence-electron chi connectivity index (χ0n) is 7.98. The first-order chi connectivity index (χ1) is 6.27. The fourth-order valence-electron chi connectivity index (χ4n) is 1.90. The third-order valence-corrected chi connectivity index (χ3v) is 2.58. The molecule has 0 aromatic carbocycles. The molecule has 1 aromatic rings. The predicted octanol–water partition coefficient (Wildman–Crippen LogP) is 0.348. The lowest BCUT2D eigenvalue weighted by Crippen LogP contribution is -2.43. The van der Waals surface area contributed by atoms with Gasteiger partial charge in [-0.2, -0.15) is 5.10 Å². The second-order valence-electron chi connectivity index (χ2n) is 3.66. The molecule has 0 saturated carbocycles. The van der Waals surface area contributed by atoms with Crippen molar-refractivity contribution in [2.45, 2.75) is 18.9 Å². The van der Waals surface area contributed by atoms with Crippen LogP contribution in [0, 0.1) is 0 Å². The highest BCUT2D eigenvalue weighted by atomic mass is 15.4. The summed E-state index contributed by atoms with van der Waals surface area (Å²) in [5.74, 6) is 1.18. The van der Waals surface area contributed by atoms with Gasteiger partial charge in [0.1, 0.15) is 5.82 Å². The number of rotatable bonds is 1. The summed E-state index contributed by atoms with van der Waals surface area (Å²) in [6, 6.07) is 2.36. The molecule has 4 heteroatoms. The van der Waals surface area contributed by atoms with Gasteiger partial charge in [0.2, 0.25) is 0 Å². The van der Waals surface area contributed by atoms with E-state index in [1.165, 1.54) is 12.2 Å². The van der Waals surface area contributed by atoms with E-state index in [-0.39, 0.29) is 0 Å². The first-order valence-electron chi connectivity index (χ1n) is 4.76. The van der Waals surface area contributed by atoms with Gasteiger partial charge >= 0.3 is 0 Å². The van der Waals surface area contributed by atoms with Crippen LogP contribution in [0.3, 0.4) is 0 Å². The van der Waals surface area contributed by atoms with E-state index >= 15 is 0 Å². The standard InChI is InChI=1S/C9H16N4/c1-12-9(4-5-11-12)13-6-2-3-8(10)7-13/h4-5,8H,2-3,6-7,10H2,1H3. The van der Waals surface area contributed by atoms with Gasteiger partial charge in [0, 0.05) is 32.2 Å². The Bertz CT molecular complexity index is 281. The van der Waals surface area contributed by atoms with E-state index in [0.717, 1.165) is 19.5 Å². The van der Waals surface area contributed by atoms with Crippen molar-refractivity contribution in [1.29, 1.82) is 0 Å². The Labute approximate surface area is 78.3 Å². The second kappa shape index (κ2) is 3.38. The monoisotopic (exact) mass is 180 g/mol. The zero-order chi connectivity index (χ0) is 9.26. The van der Waals surface area contributed by atoms with Gasteiger partial charge in [-0.25, -0.2) is 0 Å². The minimum absolute atomic E-state index is 0.323. The smallest absolute Gasteiger partial charge is 0.126 e. The molecule has 72 valence electrons. The summed E-state index contributed by atoms with van der Waals surface area (Å²) in [4.78, 5) is 2.31. The van der Waals surface area contributed by atoms with Crippen LogP contribution in [-0.2, 0) is 7.05 Å². The Morgan fingerprint density at radius 3 is 3.08 bits per heavy atom. The highest BCUT2D eigenvalue weighted by Crippen LogP contribution is 2.17. The molecule has 1 saturated heterocycles. The number of hydrogen-bond donors (Lipinski definition) is 1. The van der Waals surface area contributed by atoms with Crippen molar-refractivity contribution >= 4 is 5.82 Å². The average molecular weight is 180 g/mol. The number of piperidine rings is 1. The summed E-state index contributed by atoms with van der Waals surface area (Å²) < 4.78 is 1.90. The lowest BCUT2D eigenvalue weighted by atomic mass is 10.1. The average Bonchev–Trinajstić information content (AvgIpc) is 2.51. The predicted molar refractivity (Wildman–Crippen MR) is 52.6 cm³/mol. The van der Waals surface area contributed by atoms with E-state index in [0.29, 0.717) is 6.04 Å². The van der Waals surface area contributed by atoms with Crippen LogP contribution in [0.4, 0.5) is 5.82 Å². The molecule has 0 radical (unpaired) electrons. The highest BCUT2D eigenvalue weighted by molar-refractivity contribution is 5.38. The van der Waals surface area contributed by atoms with E-state index in [2.05, 4.69) is 10.00 Å². The van der Waals surface area contributed by atoms with Crippen molar-refractivity contribution in [1.82, 2.24) is 9.78 Å². The molecule has 0 bridgehead atoms. The molecule has 0 spiro atoms. The summed E-state index contributed by atoms with van der Waals surface area (Å²) in [7, 11) is 1.97. The van der Waals surface area contributed by atoms with Crippen molar-refractivity contribution < 1.29 is 0 Å². The maximum absolute atomic E-state index is 5.91. The topological polar surface area (TPSA) is 47.1 Å². The molecular formula is C9H16N4. The molecule has 2 N–H and O–H groups in total. The van der Waals surface area contributed by atoms with Crippen molar-refractivity contribution in [3.63, 3.8) is 0 Å². The molecule has 4 nitrogen and oxygen atoms in total. The molecular weight excluding hydrogens is 164 g/mol. The third-order valence-electron chi connectivity index (χ3n) is 2.58. The molecule has 1 unspecified atom stereocenters. The van der Waals surface area contributed by atoms with Crippen molar-refractivity contribution in [2.75, 3.05) is 18.0 Å². The van der Waals surface area contributed by atoms with Gasteiger partial charge in [-0.05, 0) is 12.8 Å². The van der Waals surface area contributed by atoms with Crippen LogP contribution in [0.2, 0.25) is 0 Å². The fraction of sp³-hybridized carbons (Fsp3) is 0.667. The van der Waals surface area contributed by atoms with E-state index in [4.69, 9.17) is 5.73 Å². The van der Waals surface area contributed by atoms with Gasteiger partial charge in [-0.3, -0.25) is 4.68 Å². The van der Waals surface area contributed by atoms with Gasteiger partial charge in [-0.15, -0.1) is 0 Å². The van der Waals surface area contributed by atoms with Crippen LogP contribution < -0.4 is 10.6 Å². The molecule has 0 amide bonds. The number of nitrogens with two attached hydrogens (primary N) is 1. The Hall–Kier alpha value is -1.03. The first kappa shape index (κ1) is 8.56. The number of aromatic nitrogens is 2. The van der Waals surface area contributed by atoms with Gasteiger partial charge in [0.15, 0.2) is 0 Å².